The van der Waals surface area contributed by atoms with Gasteiger partial charge in [-0.05, 0) is 32.4 Å². The molecule has 6 heteroatoms. The van der Waals surface area contributed by atoms with Gasteiger partial charge in [-0.3, -0.25) is 4.90 Å². The van der Waals surface area contributed by atoms with Crippen molar-refractivity contribution in [3.8, 4) is 0 Å². The predicted molar refractivity (Wildman–Crippen MR) is 90.7 cm³/mol. The highest BCUT2D eigenvalue weighted by molar-refractivity contribution is 6.35. The number of nitrogens with zero attached hydrogens (tertiary/aromatic N) is 2. The van der Waals surface area contributed by atoms with Crippen molar-refractivity contribution in [2.24, 2.45) is 0 Å². The lowest BCUT2D eigenvalue weighted by molar-refractivity contribution is -0.0678. The Balaban J connectivity index is 1.48. The molecule has 2 N–H and O–H groups in total. The van der Waals surface area contributed by atoms with Crippen molar-refractivity contribution in [3.05, 3.63) is 23.4 Å². The minimum absolute atomic E-state index is 0.326. The molecule has 0 aliphatic carbocycles. The molecule has 0 saturated carbocycles. The van der Waals surface area contributed by atoms with Gasteiger partial charge in [0.15, 0.2) is 0 Å². The fraction of sp³-hybridized carbons (Fsp3) is 0.562. The lowest BCUT2D eigenvalue weighted by Crippen LogP contribution is -2.45. The second-order valence-corrected chi connectivity index (χ2v) is 6.43. The molecule has 1 aliphatic heterocycles. The zero-order chi connectivity index (χ0) is 15.5. The van der Waals surface area contributed by atoms with Crippen molar-refractivity contribution >= 4 is 28.5 Å². The Labute approximate surface area is 136 Å². The number of aromatic nitrogens is 2. The highest BCUT2D eigenvalue weighted by atomic mass is 35.5. The van der Waals surface area contributed by atoms with Crippen molar-refractivity contribution in [3.63, 3.8) is 0 Å². The Bertz CT molecular complexity index is 620. The van der Waals surface area contributed by atoms with Crippen molar-refractivity contribution in [1.82, 2.24) is 14.9 Å². The van der Waals surface area contributed by atoms with Crippen LogP contribution in [0.3, 0.4) is 0 Å². The first-order valence-electron chi connectivity index (χ1n) is 7.87. The van der Waals surface area contributed by atoms with Gasteiger partial charge >= 0.3 is 0 Å². The van der Waals surface area contributed by atoms with Gasteiger partial charge < -0.3 is 15.0 Å². The number of halogens is 1. The van der Waals surface area contributed by atoms with Crippen LogP contribution in [0.2, 0.25) is 5.02 Å². The SMILES string of the molecule is CC1CN(CCCNc2cc(Cl)c3cc[nH]c3n2)CC(C)O1. The maximum atomic E-state index is 6.25. The molecule has 0 radical (unpaired) electrons. The number of ether oxygens (including phenoxy) is 1. The van der Waals surface area contributed by atoms with Crippen LogP contribution in [0.1, 0.15) is 20.3 Å². The van der Waals surface area contributed by atoms with Gasteiger partial charge in [-0.2, -0.15) is 0 Å². The number of anilines is 1. The van der Waals surface area contributed by atoms with E-state index in [1.807, 2.05) is 18.3 Å². The topological polar surface area (TPSA) is 53.2 Å². The number of pyridine rings is 1. The van der Waals surface area contributed by atoms with E-state index in [-0.39, 0.29) is 0 Å². The smallest absolute Gasteiger partial charge is 0.141 e. The van der Waals surface area contributed by atoms with Crippen LogP contribution in [0.5, 0.6) is 0 Å². The first-order valence-corrected chi connectivity index (χ1v) is 8.25. The van der Waals surface area contributed by atoms with Gasteiger partial charge in [-0.1, -0.05) is 11.6 Å². The van der Waals surface area contributed by atoms with Crippen molar-refractivity contribution < 1.29 is 4.74 Å². The van der Waals surface area contributed by atoms with E-state index in [0.29, 0.717) is 12.2 Å². The number of fused-ring (bicyclic) bond motifs is 1. The zero-order valence-corrected chi connectivity index (χ0v) is 13.9. The monoisotopic (exact) mass is 322 g/mol. The van der Waals surface area contributed by atoms with Crippen molar-refractivity contribution in [1.29, 1.82) is 0 Å². The molecule has 120 valence electrons. The lowest BCUT2D eigenvalue weighted by atomic mass is 10.2. The minimum atomic E-state index is 0.326. The van der Waals surface area contributed by atoms with E-state index in [1.165, 1.54) is 0 Å². The lowest BCUT2D eigenvalue weighted by Gasteiger charge is -2.35. The molecule has 2 unspecified atom stereocenters. The average molecular weight is 323 g/mol. The van der Waals surface area contributed by atoms with Gasteiger partial charge in [-0.15, -0.1) is 0 Å². The van der Waals surface area contributed by atoms with E-state index in [4.69, 9.17) is 16.3 Å². The molecular weight excluding hydrogens is 300 g/mol. The Morgan fingerprint density at radius 2 is 2.18 bits per heavy atom. The maximum Gasteiger partial charge on any atom is 0.141 e. The standard InChI is InChI=1S/C16H23ClN4O/c1-11-9-21(10-12(2)22-11)7-3-5-18-15-8-14(17)13-4-6-19-16(13)20-15/h4,6,8,11-12H,3,5,7,9-10H2,1-2H3,(H2,18,19,20). The molecular formula is C16H23ClN4O. The number of H-pyrrole nitrogens is 1. The Hall–Kier alpha value is -1.30. The Morgan fingerprint density at radius 1 is 1.41 bits per heavy atom. The highest BCUT2D eigenvalue weighted by Gasteiger charge is 2.21. The molecule has 0 aromatic carbocycles. The van der Waals surface area contributed by atoms with Crippen LogP contribution >= 0.6 is 11.6 Å². The van der Waals surface area contributed by atoms with E-state index in [2.05, 4.69) is 34.0 Å². The van der Waals surface area contributed by atoms with Crippen molar-refractivity contribution in [2.45, 2.75) is 32.5 Å². The molecule has 0 spiro atoms. The largest absolute Gasteiger partial charge is 0.373 e. The molecule has 0 bridgehead atoms. The molecule has 2 atom stereocenters. The molecule has 2 aromatic heterocycles. The number of hydrogen-bond donors (Lipinski definition) is 2. The van der Waals surface area contributed by atoms with Crippen molar-refractivity contribution in [2.75, 3.05) is 31.5 Å². The predicted octanol–water partition coefficient (Wildman–Crippen LogP) is 3.13. The van der Waals surface area contributed by atoms with E-state index in [0.717, 1.165) is 54.5 Å². The summed E-state index contributed by atoms with van der Waals surface area (Å²) in [5.41, 5.74) is 0.825. The third-order valence-corrected chi connectivity index (χ3v) is 4.24. The van der Waals surface area contributed by atoms with Crippen LogP contribution < -0.4 is 5.32 Å². The fourth-order valence-corrected chi connectivity index (χ4v) is 3.33. The van der Waals surface area contributed by atoms with Gasteiger partial charge in [0.05, 0.1) is 17.2 Å². The number of aromatic amines is 1. The molecule has 3 rings (SSSR count). The quantitative estimate of drug-likeness (QED) is 0.830. The highest BCUT2D eigenvalue weighted by Crippen LogP contribution is 2.24. The fourth-order valence-electron chi connectivity index (χ4n) is 3.07. The third kappa shape index (κ3) is 3.72. The summed E-state index contributed by atoms with van der Waals surface area (Å²) in [6.07, 6.45) is 3.58. The molecule has 22 heavy (non-hydrogen) atoms. The minimum Gasteiger partial charge on any atom is -0.373 e. The molecule has 1 aliphatic rings. The third-order valence-electron chi connectivity index (χ3n) is 3.93. The first-order chi connectivity index (χ1) is 10.6. The Kier molecular flexibility index (Phi) is 4.86. The normalized spacial score (nSPS) is 23.0. The second-order valence-electron chi connectivity index (χ2n) is 6.03. The molecule has 3 heterocycles. The van der Waals surface area contributed by atoms with Gasteiger partial charge in [0.25, 0.3) is 0 Å². The maximum absolute atomic E-state index is 6.25. The molecule has 1 fully saturated rings. The van der Waals surface area contributed by atoms with Crippen LogP contribution in [-0.4, -0.2) is 53.3 Å². The summed E-state index contributed by atoms with van der Waals surface area (Å²) < 4.78 is 5.75. The molecule has 1 saturated heterocycles. The van der Waals surface area contributed by atoms with Gasteiger partial charge in [0, 0.05) is 37.8 Å². The van der Waals surface area contributed by atoms with Gasteiger partial charge in [-0.25, -0.2) is 4.98 Å². The van der Waals surface area contributed by atoms with E-state index in [9.17, 15) is 0 Å². The number of rotatable bonds is 5. The average Bonchev–Trinajstić information content (AvgIpc) is 2.91. The Morgan fingerprint density at radius 3 is 2.95 bits per heavy atom. The van der Waals surface area contributed by atoms with E-state index >= 15 is 0 Å². The van der Waals surface area contributed by atoms with Gasteiger partial charge in [0.2, 0.25) is 0 Å². The zero-order valence-electron chi connectivity index (χ0n) is 13.1. The number of hydrogen-bond acceptors (Lipinski definition) is 4. The first kappa shape index (κ1) is 15.6. The molecule has 5 nitrogen and oxygen atoms in total. The van der Waals surface area contributed by atoms with Crippen LogP contribution in [-0.2, 0) is 4.74 Å². The van der Waals surface area contributed by atoms with E-state index in [1.54, 1.807) is 0 Å². The summed E-state index contributed by atoms with van der Waals surface area (Å²) in [6, 6.07) is 3.83. The summed E-state index contributed by atoms with van der Waals surface area (Å²) in [4.78, 5) is 10.1. The summed E-state index contributed by atoms with van der Waals surface area (Å²) in [6.45, 7) is 8.27. The van der Waals surface area contributed by atoms with Gasteiger partial charge in [0.1, 0.15) is 11.5 Å². The summed E-state index contributed by atoms with van der Waals surface area (Å²) in [5.74, 6) is 0.823. The van der Waals surface area contributed by atoms with Crippen LogP contribution in [0.4, 0.5) is 5.82 Å². The summed E-state index contributed by atoms with van der Waals surface area (Å²) >= 11 is 6.25. The second kappa shape index (κ2) is 6.86. The number of morpholine rings is 1. The van der Waals surface area contributed by atoms with Crippen LogP contribution in [0.25, 0.3) is 11.0 Å². The van der Waals surface area contributed by atoms with Crippen LogP contribution in [0.15, 0.2) is 18.3 Å². The van der Waals surface area contributed by atoms with Crippen LogP contribution in [0, 0.1) is 0 Å². The number of nitrogens with one attached hydrogen (secondary N) is 2. The van der Waals surface area contributed by atoms with E-state index < -0.39 is 0 Å². The molecule has 0 amide bonds. The summed E-state index contributed by atoms with van der Waals surface area (Å²) in [5, 5.41) is 5.04. The molecule has 2 aromatic rings. The summed E-state index contributed by atoms with van der Waals surface area (Å²) in [7, 11) is 0.